The van der Waals surface area contributed by atoms with E-state index < -0.39 is 6.10 Å². The van der Waals surface area contributed by atoms with E-state index in [-0.39, 0.29) is 18.5 Å². The lowest BCUT2D eigenvalue weighted by atomic mass is 10.0. The number of amides is 1. The fraction of sp³-hybridized carbons (Fsp3) is 0.312. The molecule has 2 atom stereocenters. The first-order valence-corrected chi connectivity index (χ1v) is 8.15. The maximum absolute atomic E-state index is 11.9. The van der Waals surface area contributed by atoms with Crippen LogP contribution in [0.2, 0.25) is 0 Å². The van der Waals surface area contributed by atoms with Crippen LogP contribution in [0.25, 0.3) is 10.8 Å². The second kappa shape index (κ2) is 6.47. The molecule has 2 aromatic carbocycles. The Morgan fingerprint density at radius 1 is 1.33 bits per heavy atom. The van der Waals surface area contributed by atoms with E-state index in [0.717, 1.165) is 28.0 Å². The van der Waals surface area contributed by atoms with Gasteiger partial charge in [-0.2, -0.15) is 0 Å². The molecule has 0 bridgehead atoms. The van der Waals surface area contributed by atoms with Gasteiger partial charge in [0.1, 0.15) is 0 Å². The Hall–Kier alpha value is -1.56. The van der Waals surface area contributed by atoms with Crippen molar-refractivity contribution >= 4 is 28.4 Å². The predicted octanol–water partition coefficient (Wildman–Crippen LogP) is 1.65. The first kappa shape index (κ1) is 14.4. The van der Waals surface area contributed by atoms with Gasteiger partial charge in [0, 0.05) is 18.2 Å². The summed E-state index contributed by atoms with van der Waals surface area (Å²) < 4.78 is 0. The molecule has 1 aliphatic heterocycles. The van der Waals surface area contributed by atoms with Crippen LogP contribution in [0.5, 0.6) is 0 Å². The van der Waals surface area contributed by atoms with Crippen molar-refractivity contribution < 1.29 is 9.90 Å². The predicted molar refractivity (Wildman–Crippen MR) is 86.2 cm³/mol. The number of carbonyl (C=O) groups is 1. The smallest absolute Gasteiger partial charge is 0.238 e. The lowest BCUT2D eigenvalue weighted by Crippen LogP contribution is -2.43. The van der Waals surface area contributed by atoms with Gasteiger partial charge in [0.15, 0.2) is 0 Å². The quantitative estimate of drug-likeness (QED) is 0.804. The van der Waals surface area contributed by atoms with E-state index >= 15 is 0 Å². The molecule has 1 saturated heterocycles. The Morgan fingerprint density at radius 2 is 2.14 bits per heavy atom. The topological polar surface area (TPSA) is 61.4 Å². The number of thioether (sulfide) groups is 1. The van der Waals surface area contributed by atoms with Crippen molar-refractivity contribution in [3.8, 4) is 0 Å². The Morgan fingerprint density at radius 3 is 2.90 bits per heavy atom. The number of rotatable bonds is 4. The molecule has 1 aliphatic rings. The molecule has 4 nitrogen and oxygen atoms in total. The Bertz CT molecular complexity index is 641. The summed E-state index contributed by atoms with van der Waals surface area (Å²) in [5, 5.41) is 18.4. The molecule has 1 unspecified atom stereocenters. The molecule has 0 saturated carbocycles. The average Bonchev–Trinajstić information content (AvgIpc) is 3.06. The van der Waals surface area contributed by atoms with E-state index in [1.54, 1.807) is 11.8 Å². The molecule has 0 aromatic heterocycles. The van der Waals surface area contributed by atoms with Crippen LogP contribution < -0.4 is 10.6 Å². The minimum Gasteiger partial charge on any atom is -0.387 e. The maximum Gasteiger partial charge on any atom is 0.238 e. The summed E-state index contributed by atoms with van der Waals surface area (Å²) in [6.45, 7) is 0.236. The first-order chi connectivity index (χ1) is 10.2. The highest BCUT2D eigenvalue weighted by Gasteiger charge is 2.22. The third-order valence-corrected chi connectivity index (χ3v) is 4.60. The molecular weight excluding hydrogens is 284 g/mol. The number of nitrogens with one attached hydrogen (secondary N) is 2. The van der Waals surface area contributed by atoms with Crippen LogP contribution in [0.4, 0.5) is 0 Å². The van der Waals surface area contributed by atoms with Crippen molar-refractivity contribution in [3.05, 3.63) is 48.0 Å². The molecule has 5 heteroatoms. The van der Waals surface area contributed by atoms with Gasteiger partial charge >= 0.3 is 0 Å². The number of aliphatic hydroxyl groups excluding tert-OH is 1. The van der Waals surface area contributed by atoms with Gasteiger partial charge in [-0.3, -0.25) is 10.1 Å². The molecule has 110 valence electrons. The zero-order valence-electron chi connectivity index (χ0n) is 11.6. The van der Waals surface area contributed by atoms with Crippen molar-refractivity contribution in [2.75, 3.05) is 18.2 Å². The first-order valence-electron chi connectivity index (χ1n) is 6.99. The monoisotopic (exact) mass is 302 g/mol. The van der Waals surface area contributed by atoms with Gasteiger partial charge < -0.3 is 10.4 Å². The molecule has 1 amide bonds. The van der Waals surface area contributed by atoms with Gasteiger partial charge in [-0.05, 0) is 22.4 Å². The zero-order valence-corrected chi connectivity index (χ0v) is 12.4. The number of carbonyl (C=O) groups excluding carboxylic acids is 1. The minimum absolute atomic E-state index is 0.0418. The molecular formula is C16H18N2O2S. The van der Waals surface area contributed by atoms with Crippen LogP contribution in [-0.4, -0.2) is 35.2 Å². The summed E-state index contributed by atoms with van der Waals surface area (Å²) in [4.78, 5) is 11.9. The number of benzene rings is 2. The van der Waals surface area contributed by atoms with Gasteiger partial charge in [0.25, 0.3) is 0 Å². The molecule has 0 spiro atoms. The van der Waals surface area contributed by atoms with Crippen molar-refractivity contribution in [2.45, 2.75) is 12.1 Å². The van der Waals surface area contributed by atoms with Crippen LogP contribution in [0.3, 0.4) is 0 Å². The van der Waals surface area contributed by atoms with Gasteiger partial charge in [0.05, 0.1) is 12.1 Å². The lowest BCUT2D eigenvalue weighted by molar-refractivity contribution is -0.122. The van der Waals surface area contributed by atoms with Gasteiger partial charge in [0.2, 0.25) is 5.91 Å². The summed E-state index contributed by atoms with van der Waals surface area (Å²) in [7, 11) is 0. The minimum atomic E-state index is -0.687. The number of fused-ring (bicyclic) bond motifs is 1. The highest BCUT2D eigenvalue weighted by molar-refractivity contribution is 7.99. The second-order valence-corrected chi connectivity index (χ2v) is 6.17. The fourth-order valence-electron chi connectivity index (χ4n) is 2.42. The van der Waals surface area contributed by atoms with Crippen LogP contribution in [0.1, 0.15) is 11.7 Å². The van der Waals surface area contributed by atoms with Gasteiger partial charge in [-0.15, -0.1) is 11.8 Å². The van der Waals surface area contributed by atoms with E-state index in [1.807, 2.05) is 42.5 Å². The highest BCUT2D eigenvalue weighted by Crippen LogP contribution is 2.20. The van der Waals surface area contributed by atoms with E-state index in [9.17, 15) is 9.90 Å². The summed E-state index contributed by atoms with van der Waals surface area (Å²) in [6, 6.07) is 13.7. The molecule has 1 fully saturated rings. The maximum atomic E-state index is 11.9. The van der Waals surface area contributed by atoms with Crippen molar-refractivity contribution in [3.63, 3.8) is 0 Å². The van der Waals surface area contributed by atoms with Gasteiger partial charge in [-0.25, -0.2) is 0 Å². The largest absolute Gasteiger partial charge is 0.387 e. The fourth-order valence-corrected chi connectivity index (χ4v) is 3.36. The SMILES string of the molecule is O=C(NCC(O)c1ccc2ccccc2c1)[C@H]1CSCN1. The number of aliphatic hydroxyl groups is 1. The second-order valence-electron chi connectivity index (χ2n) is 5.14. The lowest BCUT2D eigenvalue weighted by Gasteiger charge is -2.15. The highest BCUT2D eigenvalue weighted by atomic mass is 32.2. The zero-order chi connectivity index (χ0) is 14.7. The number of hydrogen-bond donors (Lipinski definition) is 3. The normalized spacial score (nSPS) is 19.6. The Balaban J connectivity index is 1.63. The molecule has 2 aromatic rings. The molecule has 0 radical (unpaired) electrons. The third kappa shape index (κ3) is 3.37. The van der Waals surface area contributed by atoms with Crippen molar-refractivity contribution in [1.29, 1.82) is 0 Å². The van der Waals surface area contributed by atoms with Crippen LogP contribution in [0.15, 0.2) is 42.5 Å². The summed E-state index contributed by atoms with van der Waals surface area (Å²) in [5.74, 6) is 1.56. The van der Waals surface area contributed by atoms with Crippen molar-refractivity contribution in [1.82, 2.24) is 10.6 Å². The summed E-state index contributed by atoms with van der Waals surface area (Å²) >= 11 is 1.71. The Kier molecular flexibility index (Phi) is 4.43. The van der Waals surface area contributed by atoms with Gasteiger partial charge in [-0.1, -0.05) is 36.4 Å². The Labute approximate surface area is 127 Å². The molecule has 1 heterocycles. The van der Waals surface area contributed by atoms with Crippen LogP contribution in [0, 0.1) is 0 Å². The van der Waals surface area contributed by atoms with E-state index in [0.29, 0.717) is 0 Å². The molecule has 3 rings (SSSR count). The summed E-state index contributed by atoms with van der Waals surface area (Å²) in [5.41, 5.74) is 0.822. The third-order valence-electron chi connectivity index (χ3n) is 3.66. The molecule has 21 heavy (non-hydrogen) atoms. The van der Waals surface area contributed by atoms with Crippen molar-refractivity contribution in [2.24, 2.45) is 0 Å². The summed E-state index contributed by atoms with van der Waals surface area (Å²) in [6.07, 6.45) is -0.687. The van der Waals surface area contributed by atoms with Crippen LogP contribution in [-0.2, 0) is 4.79 Å². The molecule has 3 N–H and O–H groups in total. The van der Waals surface area contributed by atoms with Crippen LogP contribution >= 0.6 is 11.8 Å². The van der Waals surface area contributed by atoms with E-state index in [4.69, 9.17) is 0 Å². The molecule has 0 aliphatic carbocycles. The van der Waals surface area contributed by atoms with E-state index in [1.165, 1.54) is 0 Å². The van der Waals surface area contributed by atoms with E-state index in [2.05, 4.69) is 10.6 Å². The standard InChI is InChI=1S/C16H18N2O2S/c19-15(8-17-16(20)14-9-21-10-18-14)13-6-5-11-3-1-2-4-12(11)7-13/h1-7,14-15,18-19H,8-10H2,(H,17,20)/t14-,15?/m1/s1. The average molecular weight is 302 g/mol. The number of hydrogen-bond acceptors (Lipinski definition) is 4.